The van der Waals surface area contributed by atoms with E-state index in [1.807, 2.05) is 6.92 Å². The van der Waals surface area contributed by atoms with Crippen LogP contribution in [0.5, 0.6) is 0 Å². The maximum atomic E-state index is 11.7. The van der Waals surface area contributed by atoms with E-state index in [2.05, 4.69) is 31.2 Å². The minimum Gasteiger partial charge on any atom is -0.481 e. The van der Waals surface area contributed by atoms with Crippen LogP contribution in [0.25, 0.3) is 0 Å². The molecule has 0 aliphatic carbocycles. The average molecular weight is 367 g/mol. The van der Waals surface area contributed by atoms with Gasteiger partial charge in [-0.15, -0.1) is 0 Å². The molecule has 0 aromatic rings. The first kappa shape index (κ1) is 24.4. The maximum absolute atomic E-state index is 11.7. The molecule has 1 N–H and O–H groups in total. The van der Waals surface area contributed by atoms with Gasteiger partial charge in [-0.25, -0.2) is 0 Å². The average Bonchev–Trinajstić information content (AvgIpc) is 2.61. The Hall–Kier alpha value is -1.58. The number of aliphatic carboxylic acids is 1. The standard InChI is InChI=1S/C22H38O4/c1-3-5-6-7-8-9-10-11-12-13-14-15-16-17-18-22(25)26-20(4-2)19-21(23)24/h7-8,10-11,20H,3-6,9,12-19H2,1-2H3,(H,23,24)/b8-7-,11-10-. The third-order valence-corrected chi connectivity index (χ3v) is 4.24. The van der Waals surface area contributed by atoms with E-state index in [0.717, 1.165) is 32.1 Å². The second-order valence-electron chi connectivity index (χ2n) is 6.75. The van der Waals surface area contributed by atoms with E-state index >= 15 is 0 Å². The van der Waals surface area contributed by atoms with Gasteiger partial charge in [0.25, 0.3) is 0 Å². The van der Waals surface area contributed by atoms with Crippen LogP contribution in [-0.4, -0.2) is 23.1 Å². The Balaban J connectivity index is 3.48. The van der Waals surface area contributed by atoms with Crippen molar-refractivity contribution in [2.45, 2.75) is 103 Å². The zero-order valence-corrected chi connectivity index (χ0v) is 16.8. The first-order chi connectivity index (χ1) is 12.6. The summed E-state index contributed by atoms with van der Waals surface area (Å²) in [6.07, 6.45) is 20.6. The van der Waals surface area contributed by atoms with Gasteiger partial charge in [0.2, 0.25) is 0 Å². The molecular weight excluding hydrogens is 328 g/mol. The molecule has 0 aliphatic rings. The maximum Gasteiger partial charge on any atom is 0.307 e. The van der Waals surface area contributed by atoms with Gasteiger partial charge >= 0.3 is 11.9 Å². The molecule has 150 valence electrons. The molecule has 0 saturated carbocycles. The summed E-state index contributed by atoms with van der Waals surface area (Å²) in [4.78, 5) is 22.3. The number of allylic oxidation sites excluding steroid dienone is 4. The van der Waals surface area contributed by atoms with Gasteiger partial charge in [-0.1, -0.05) is 70.3 Å². The Morgan fingerprint density at radius 3 is 2.12 bits per heavy atom. The second kappa shape index (κ2) is 18.2. The highest BCUT2D eigenvalue weighted by atomic mass is 16.5. The molecule has 0 radical (unpaired) electrons. The van der Waals surface area contributed by atoms with E-state index in [0.29, 0.717) is 12.8 Å². The number of carboxylic acids is 1. The summed E-state index contributed by atoms with van der Waals surface area (Å²) < 4.78 is 5.19. The molecule has 0 rings (SSSR count). The Morgan fingerprint density at radius 1 is 0.885 bits per heavy atom. The molecule has 0 aromatic carbocycles. The number of unbranched alkanes of at least 4 members (excludes halogenated alkanes) is 7. The molecule has 0 saturated heterocycles. The van der Waals surface area contributed by atoms with Crippen LogP contribution in [0.3, 0.4) is 0 Å². The fourth-order valence-corrected chi connectivity index (χ4v) is 2.60. The van der Waals surface area contributed by atoms with Crippen LogP contribution in [0.4, 0.5) is 0 Å². The van der Waals surface area contributed by atoms with Crippen LogP contribution in [0.2, 0.25) is 0 Å². The number of rotatable bonds is 17. The number of carbonyl (C=O) groups excluding carboxylic acids is 1. The molecule has 0 amide bonds. The van der Waals surface area contributed by atoms with Gasteiger partial charge in [-0.05, 0) is 38.5 Å². The van der Waals surface area contributed by atoms with Crippen molar-refractivity contribution >= 4 is 11.9 Å². The smallest absolute Gasteiger partial charge is 0.307 e. The summed E-state index contributed by atoms with van der Waals surface area (Å²) in [5.74, 6) is -1.20. The minimum absolute atomic E-state index is 0.107. The van der Waals surface area contributed by atoms with Crippen molar-refractivity contribution in [1.82, 2.24) is 0 Å². The number of carbonyl (C=O) groups is 2. The van der Waals surface area contributed by atoms with E-state index in [1.165, 1.54) is 32.1 Å². The lowest BCUT2D eigenvalue weighted by molar-refractivity contribution is -0.153. The third kappa shape index (κ3) is 17.2. The quantitative estimate of drug-likeness (QED) is 0.189. The molecule has 0 aromatic heterocycles. The predicted molar refractivity (Wildman–Crippen MR) is 107 cm³/mol. The predicted octanol–water partition coefficient (Wildman–Crippen LogP) is 6.21. The largest absolute Gasteiger partial charge is 0.481 e. The van der Waals surface area contributed by atoms with Gasteiger partial charge in [0, 0.05) is 6.42 Å². The lowest BCUT2D eigenvalue weighted by Gasteiger charge is -2.13. The first-order valence-electron chi connectivity index (χ1n) is 10.3. The van der Waals surface area contributed by atoms with E-state index < -0.39 is 12.1 Å². The molecule has 4 heteroatoms. The van der Waals surface area contributed by atoms with Crippen LogP contribution in [-0.2, 0) is 14.3 Å². The topological polar surface area (TPSA) is 63.6 Å². The van der Waals surface area contributed by atoms with Crippen molar-refractivity contribution in [2.24, 2.45) is 0 Å². The molecule has 4 nitrogen and oxygen atoms in total. The number of carboxylic acid groups (broad SMARTS) is 1. The Bertz CT molecular complexity index is 412. The molecule has 26 heavy (non-hydrogen) atoms. The molecule has 0 aliphatic heterocycles. The molecule has 0 heterocycles. The number of esters is 1. The van der Waals surface area contributed by atoms with Crippen molar-refractivity contribution in [1.29, 1.82) is 0 Å². The van der Waals surface area contributed by atoms with Crippen LogP contribution < -0.4 is 0 Å². The molecular formula is C22H38O4. The summed E-state index contributed by atoms with van der Waals surface area (Å²) >= 11 is 0. The van der Waals surface area contributed by atoms with Crippen molar-refractivity contribution in [3.8, 4) is 0 Å². The van der Waals surface area contributed by atoms with Crippen LogP contribution in [0, 0.1) is 0 Å². The summed E-state index contributed by atoms with van der Waals surface area (Å²) in [5, 5.41) is 8.74. The summed E-state index contributed by atoms with van der Waals surface area (Å²) in [6, 6.07) is 0. The monoisotopic (exact) mass is 366 g/mol. The van der Waals surface area contributed by atoms with Crippen molar-refractivity contribution in [3.05, 3.63) is 24.3 Å². The van der Waals surface area contributed by atoms with E-state index in [1.54, 1.807) is 0 Å². The minimum atomic E-state index is -0.925. The Labute approximate surface area is 159 Å². The molecule has 0 spiro atoms. The van der Waals surface area contributed by atoms with Gasteiger partial charge in [0.1, 0.15) is 6.10 Å². The van der Waals surface area contributed by atoms with Gasteiger partial charge in [-0.2, -0.15) is 0 Å². The molecule has 0 bridgehead atoms. The van der Waals surface area contributed by atoms with Gasteiger partial charge in [0.05, 0.1) is 6.42 Å². The van der Waals surface area contributed by atoms with Gasteiger partial charge < -0.3 is 9.84 Å². The zero-order valence-electron chi connectivity index (χ0n) is 16.8. The van der Waals surface area contributed by atoms with E-state index in [9.17, 15) is 9.59 Å². The van der Waals surface area contributed by atoms with Crippen LogP contribution in [0.15, 0.2) is 24.3 Å². The Morgan fingerprint density at radius 2 is 1.50 bits per heavy atom. The van der Waals surface area contributed by atoms with Crippen molar-refractivity contribution in [2.75, 3.05) is 0 Å². The fraction of sp³-hybridized carbons (Fsp3) is 0.727. The number of ether oxygens (including phenoxy) is 1. The molecule has 1 unspecified atom stereocenters. The van der Waals surface area contributed by atoms with Gasteiger partial charge in [-0.3, -0.25) is 9.59 Å². The third-order valence-electron chi connectivity index (χ3n) is 4.24. The van der Waals surface area contributed by atoms with Crippen LogP contribution >= 0.6 is 0 Å². The van der Waals surface area contributed by atoms with Gasteiger partial charge in [0.15, 0.2) is 0 Å². The Kier molecular flexibility index (Phi) is 17.1. The highest BCUT2D eigenvalue weighted by Gasteiger charge is 2.15. The normalized spacial score (nSPS) is 12.7. The van der Waals surface area contributed by atoms with E-state index in [-0.39, 0.29) is 12.4 Å². The summed E-state index contributed by atoms with van der Waals surface area (Å²) in [6.45, 7) is 4.04. The van der Waals surface area contributed by atoms with Crippen LogP contribution in [0.1, 0.15) is 97.3 Å². The SMILES string of the molecule is CCCC/C=C\C/C=C\CCCCCCCC(=O)OC(CC)CC(=O)O. The highest BCUT2D eigenvalue weighted by molar-refractivity contribution is 5.71. The van der Waals surface area contributed by atoms with E-state index in [4.69, 9.17) is 9.84 Å². The summed E-state index contributed by atoms with van der Waals surface area (Å²) in [5.41, 5.74) is 0. The molecule has 1 atom stereocenters. The lowest BCUT2D eigenvalue weighted by Crippen LogP contribution is -2.20. The second-order valence-corrected chi connectivity index (χ2v) is 6.75. The van der Waals surface area contributed by atoms with Crippen molar-refractivity contribution in [3.63, 3.8) is 0 Å². The fourth-order valence-electron chi connectivity index (χ4n) is 2.60. The highest BCUT2D eigenvalue weighted by Crippen LogP contribution is 2.11. The van der Waals surface area contributed by atoms with Crippen molar-refractivity contribution < 1.29 is 19.4 Å². The first-order valence-corrected chi connectivity index (χ1v) is 10.3. The number of hydrogen-bond donors (Lipinski definition) is 1. The summed E-state index contributed by atoms with van der Waals surface area (Å²) in [7, 11) is 0. The lowest BCUT2D eigenvalue weighted by atomic mass is 10.1. The zero-order chi connectivity index (χ0) is 19.5. The molecule has 0 fully saturated rings. The number of hydrogen-bond acceptors (Lipinski definition) is 3.